The molecule has 0 saturated heterocycles. The van der Waals surface area contributed by atoms with Crippen molar-refractivity contribution in [3.8, 4) is 0 Å². The maximum Gasteiger partial charge on any atom is 0.283 e. The number of carbonyl (C=O) groups excluding carboxylic acids is 2. The maximum absolute atomic E-state index is 13.4. The van der Waals surface area contributed by atoms with Crippen LogP contribution in [-0.2, 0) is 4.79 Å². The number of ketones is 1. The van der Waals surface area contributed by atoms with Gasteiger partial charge in [-0.3, -0.25) is 9.59 Å². The molecule has 3 aromatic carbocycles. The van der Waals surface area contributed by atoms with E-state index in [9.17, 15) is 9.59 Å². The Bertz CT molecular complexity index is 1340. The molecule has 5 rings (SSSR count). The second kappa shape index (κ2) is 8.69. The molecule has 0 unspecified atom stereocenters. The van der Waals surface area contributed by atoms with E-state index in [2.05, 4.69) is 10.2 Å². The van der Waals surface area contributed by atoms with Crippen molar-refractivity contribution in [2.24, 2.45) is 10.2 Å². The van der Waals surface area contributed by atoms with Crippen LogP contribution in [0.2, 0.25) is 5.02 Å². The van der Waals surface area contributed by atoms with Gasteiger partial charge in [0.05, 0.1) is 22.7 Å². The van der Waals surface area contributed by atoms with Gasteiger partial charge in [-0.1, -0.05) is 60.1 Å². The summed E-state index contributed by atoms with van der Waals surface area (Å²) in [5.74, 6) is -0.487. The summed E-state index contributed by atoms with van der Waals surface area (Å²) in [5.41, 5.74) is 2.83. The predicted molar refractivity (Wildman–Crippen MR) is 134 cm³/mol. The molecule has 6 nitrogen and oxygen atoms in total. The number of anilines is 2. The monoisotopic (exact) mass is 472 g/mol. The van der Waals surface area contributed by atoms with E-state index < -0.39 is 0 Å². The second-order valence-electron chi connectivity index (χ2n) is 7.31. The smallest absolute Gasteiger partial charge is 0.283 e. The summed E-state index contributed by atoms with van der Waals surface area (Å²) < 4.78 is 0. The van der Waals surface area contributed by atoms with Gasteiger partial charge >= 0.3 is 0 Å². The zero-order valence-corrected chi connectivity index (χ0v) is 19.0. The Kier molecular flexibility index (Phi) is 5.58. The molecule has 0 atom stereocenters. The molecule has 0 saturated carbocycles. The Morgan fingerprint density at radius 1 is 0.818 bits per heavy atom. The number of hydrazone groups is 2. The van der Waals surface area contributed by atoms with E-state index in [-0.39, 0.29) is 16.7 Å². The number of Topliss-reactive ketones (excluding diaryl/α,β-unsaturated/α-hetero) is 1. The first-order valence-electron chi connectivity index (χ1n) is 10.1. The summed E-state index contributed by atoms with van der Waals surface area (Å²) in [6, 6.07) is 25.2. The second-order valence-corrected chi connectivity index (χ2v) is 8.72. The fraction of sp³-hybridized carbons (Fsp3) is 0.0400. The van der Waals surface area contributed by atoms with Gasteiger partial charge in [0.2, 0.25) is 5.78 Å². The van der Waals surface area contributed by atoms with Crippen molar-refractivity contribution in [1.82, 2.24) is 0 Å². The topological polar surface area (TPSA) is 65.3 Å². The van der Waals surface area contributed by atoms with Gasteiger partial charge in [0.1, 0.15) is 5.03 Å². The third-order valence-electron chi connectivity index (χ3n) is 5.11. The number of halogens is 1. The molecule has 3 aromatic rings. The number of rotatable bonds is 4. The third kappa shape index (κ3) is 3.97. The van der Waals surface area contributed by atoms with Crippen LogP contribution in [0.3, 0.4) is 0 Å². The first-order valence-corrected chi connectivity index (χ1v) is 11.3. The van der Waals surface area contributed by atoms with Crippen LogP contribution >= 0.6 is 23.4 Å². The lowest BCUT2D eigenvalue weighted by molar-refractivity contribution is -0.114. The lowest BCUT2D eigenvalue weighted by atomic mass is 10.1. The van der Waals surface area contributed by atoms with Crippen LogP contribution in [0, 0.1) is 0 Å². The SMILES string of the molecule is CC1=NN(c2ccccc2)C(=O)C1=C1SC(C(=O)c2ccccc2)=NN1c1ccc(Cl)cc1. The largest absolute Gasteiger partial charge is 0.286 e. The maximum atomic E-state index is 13.4. The summed E-state index contributed by atoms with van der Waals surface area (Å²) >= 11 is 7.24. The Hall–Kier alpha value is -3.68. The van der Waals surface area contributed by atoms with Crippen molar-refractivity contribution < 1.29 is 9.59 Å². The molecule has 2 heterocycles. The van der Waals surface area contributed by atoms with Gasteiger partial charge < -0.3 is 0 Å². The number of carbonyl (C=O) groups is 2. The molecule has 0 N–H and O–H groups in total. The zero-order valence-electron chi connectivity index (χ0n) is 17.5. The van der Waals surface area contributed by atoms with Crippen LogP contribution in [0.4, 0.5) is 11.4 Å². The Morgan fingerprint density at radius 2 is 1.42 bits per heavy atom. The highest BCUT2D eigenvalue weighted by atomic mass is 35.5. The molecule has 8 heteroatoms. The van der Waals surface area contributed by atoms with Crippen LogP contribution in [0.15, 0.2) is 106 Å². The molecule has 0 bridgehead atoms. The number of amides is 1. The zero-order chi connectivity index (χ0) is 22.9. The fourth-order valence-corrected chi connectivity index (χ4v) is 4.72. The van der Waals surface area contributed by atoms with E-state index in [1.807, 2.05) is 36.4 Å². The van der Waals surface area contributed by atoms with E-state index in [1.165, 1.54) is 16.8 Å². The van der Waals surface area contributed by atoms with E-state index >= 15 is 0 Å². The van der Waals surface area contributed by atoms with Gasteiger partial charge in [0, 0.05) is 10.6 Å². The van der Waals surface area contributed by atoms with Gasteiger partial charge in [-0.05, 0) is 55.1 Å². The average Bonchev–Trinajstić information content (AvgIpc) is 3.40. The van der Waals surface area contributed by atoms with Crippen LogP contribution in [0.25, 0.3) is 0 Å². The highest BCUT2D eigenvalue weighted by molar-refractivity contribution is 8.19. The number of hydrogen-bond acceptors (Lipinski definition) is 6. The van der Waals surface area contributed by atoms with Crippen molar-refractivity contribution in [3.63, 3.8) is 0 Å². The Balaban J connectivity index is 1.59. The van der Waals surface area contributed by atoms with Crippen LogP contribution < -0.4 is 10.0 Å². The summed E-state index contributed by atoms with van der Waals surface area (Å²) in [4.78, 5) is 26.6. The fourth-order valence-electron chi connectivity index (χ4n) is 3.51. The average molecular weight is 473 g/mol. The summed E-state index contributed by atoms with van der Waals surface area (Å²) in [6.07, 6.45) is 0. The lowest BCUT2D eigenvalue weighted by Gasteiger charge is -2.18. The molecule has 2 aliphatic rings. The van der Waals surface area contributed by atoms with Crippen LogP contribution in [0.1, 0.15) is 17.3 Å². The summed E-state index contributed by atoms with van der Waals surface area (Å²) in [5, 5.41) is 13.4. The molecular weight excluding hydrogens is 456 g/mol. The standard InChI is InChI=1S/C25H17ClN4O2S/c1-16-21(24(32)29(27-16)19-10-6-3-7-11-19)25-30(20-14-12-18(26)13-15-20)28-23(33-25)22(31)17-8-4-2-5-9-17/h2-15H,1H3. The highest BCUT2D eigenvalue weighted by Crippen LogP contribution is 2.40. The predicted octanol–water partition coefficient (Wildman–Crippen LogP) is 5.72. The third-order valence-corrected chi connectivity index (χ3v) is 6.39. The van der Waals surface area contributed by atoms with E-state index in [4.69, 9.17) is 11.6 Å². The number of nitrogens with zero attached hydrogens (tertiary/aromatic N) is 4. The van der Waals surface area contributed by atoms with Crippen LogP contribution in [-0.4, -0.2) is 22.4 Å². The molecule has 0 aromatic heterocycles. The number of para-hydroxylation sites is 1. The molecule has 0 radical (unpaired) electrons. The van der Waals surface area contributed by atoms with Crippen molar-refractivity contribution >= 4 is 57.2 Å². The van der Waals surface area contributed by atoms with E-state index in [0.29, 0.717) is 38.3 Å². The Morgan fingerprint density at radius 3 is 2.09 bits per heavy atom. The molecule has 0 fully saturated rings. The molecule has 33 heavy (non-hydrogen) atoms. The van der Waals surface area contributed by atoms with Crippen molar-refractivity contribution in [2.45, 2.75) is 6.92 Å². The van der Waals surface area contributed by atoms with Gasteiger partial charge in [-0.2, -0.15) is 15.2 Å². The minimum Gasteiger partial charge on any atom is -0.286 e. The first-order chi connectivity index (χ1) is 16.0. The summed E-state index contributed by atoms with van der Waals surface area (Å²) in [6.45, 7) is 1.78. The lowest BCUT2D eigenvalue weighted by Crippen LogP contribution is -2.24. The molecule has 1 amide bonds. The molecular formula is C25H17ClN4O2S. The van der Waals surface area contributed by atoms with Gasteiger partial charge in [-0.25, -0.2) is 5.01 Å². The molecule has 2 aliphatic heterocycles. The number of hydrogen-bond donors (Lipinski definition) is 0. The van der Waals surface area contributed by atoms with E-state index in [0.717, 1.165) is 0 Å². The summed E-state index contributed by atoms with van der Waals surface area (Å²) in [7, 11) is 0. The van der Waals surface area contributed by atoms with Gasteiger partial charge in [0.25, 0.3) is 5.91 Å². The quantitative estimate of drug-likeness (QED) is 0.359. The van der Waals surface area contributed by atoms with Gasteiger partial charge in [-0.15, -0.1) is 0 Å². The Labute approximate surface area is 199 Å². The molecule has 0 aliphatic carbocycles. The number of benzene rings is 3. The molecule has 162 valence electrons. The minimum absolute atomic E-state index is 0.213. The van der Waals surface area contributed by atoms with Gasteiger partial charge in [0.15, 0.2) is 5.04 Å². The normalized spacial score (nSPS) is 17.9. The van der Waals surface area contributed by atoms with Crippen molar-refractivity contribution in [1.29, 1.82) is 0 Å². The highest BCUT2D eigenvalue weighted by Gasteiger charge is 2.38. The van der Waals surface area contributed by atoms with Crippen molar-refractivity contribution in [2.75, 3.05) is 10.0 Å². The van der Waals surface area contributed by atoms with Crippen LogP contribution in [0.5, 0.6) is 0 Å². The van der Waals surface area contributed by atoms with Crippen molar-refractivity contribution in [3.05, 3.63) is 106 Å². The van der Waals surface area contributed by atoms with E-state index in [1.54, 1.807) is 60.5 Å². The first kappa shape index (κ1) is 21.2. The molecule has 0 spiro atoms. The minimum atomic E-state index is -0.274. The number of thioether (sulfide) groups is 1.